The number of hydrogen-bond acceptors (Lipinski definition) is 4. The molecule has 3 N–H and O–H groups in total. The molecule has 1 aliphatic carbocycles. The molecule has 1 aromatic rings. The largest absolute Gasteiger partial charge is 0.484 e. The van der Waals surface area contributed by atoms with E-state index in [0.717, 1.165) is 45.2 Å². The van der Waals surface area contributed by atoms with Crippen LogP contribution in [0.25, 0.3) is 0 Å². The van der Waals surface area contributed by atoms with Gasteiger partial charge in [0.2, 0.25) is 5.91 Å². The number of likely N-dealkylation sites (tertiary alicyclic amines) is 1. The SMILES string of the molecule is N[C@@H]1CCC[C@H]1CC(=O)Nc1cccc(OCC(=O)N2CCCC2)c1. The minimum Gasteiger partial charge on any atom is -0.484 e. The van der Waals surface area contributed by atoms with Crippen molar-refractivity contribution in [3.05, 3.63) is 24.3 Å². The van der Waals surface area contributed by atoms with Gasteiger partial charge < -0.3 is 20.7 Å². The van der Waals surface area contributed by atoms with Gasteiger partial charge in [-0.05, 0) is 43.7 Å². The Balaban J connectivity index is 1.48. The highest BCUT2D eigenvalue weighted by Gasteiger charge is 2.26. The molecule has 2 atom stereocenters. The summed E-state index contributed by atoms with van der Waals surface area (Å²) in [6, 6.07) is 7.31. The molecule has 2 aliphatic rings. The van der Waals surface area contributed by atoms with E-state index in [1.807, 2.05) is 17.0 Å². The standard InChI is InChI=1S/C19H27N3O3/c20-17-8-3-5-14(17)11-18(23)21-15-6-4-7-16(12-15)25-13-19(24)22-9-1-2-10-22/h4,6-7,12,14,17H,1-3,5,8-11,13,20H2,(H,21,23)/t14-,17+/m0/s1. The Kier molecular flexibility index (Phi) is 5.91. The minimum absolute atomic E-state index is 0.0159. The molecular weight excluding hydrogens is 318 g/mol. The van der Waals surface area contributed by atoms with Gasteiger partial charge in [-0.1, -0.05) is 12.5 Å². The maximum absolute atomic E-state index is 12.2. The second-order valence-corrected chi connectivity index (χ2v) is 7.01. The van der Waals surface area contributed by atoms with Crippen molar-refractivity contribution in [1.29, 1.82) is 0 Å². The molecule has 6 nitrogen and oxygen atoms in total. The number of anilines is 1. The zero-order valence-corrected chi connectivity index (χ0v) is 14.6. The van der Waals surface area contributed by atoms with Gasteiger partial charge in [0.1, 0.15) is 5.75 Å². The van der Waals surface area contributed by atoms with Crippen LogP contribution in [0, 0.1) is 5.92 Å². The molecule has 1 aromatic carbocycles. The Hall–Kier alpha value is -2.08. The third-order valence-electron chi connectivity index (χ3n) is 5.10. The van der Waals surface area contributed by atoms with Gasteiger partial charge in [-0.15, -0.1) is 0 Å². The molecule has 3 rings (SSSR count). The number of amides is 2. The Morgan fingerprint density at radius 2 is 2.00 bits per heavy atom. The van der Waals surface area contributed by atoms with E-state index in [4.69, 9.17) is 10.5 Å². The first-order valence-corrected chi connectivity index (χ1v) is 9.18. The smallest absolute Gasteiger partial charge is 0.260 e. The summed E-state index contributed by atoms with van der Waals surface area (Å²) in [5, 5.41) is 2.90. The van der Waals surface area contributed by atoms with Gasteiger partial charge in [0.05, 0.1) is 0 Å². The Bertz CT molecular complexity index is 614. The predicted octanol–water partition coefficient (Wildman–Crippen LogP) is 2.14. The molecule has 0 aromatic heterocycles. The Labute approximate surface area is 148 Å². The molecule has 1 saturated heterocycles. The van der Waals surface area contributed by atoms with Crippen molar-refractivity contribution in [2.24, 2.45) is 11.7 Å². The van der Waals surface area contributed by atoms with Crippen LogP contribution in [0.1, 0.15) is 38.5 Å². The van der Waals surface area contributed by atoms with E-state index in [9.17, 15) is 9.59 Å². The maximum atomic E-state index is 12.2. The zero-order valence-electron chi connectivity index (χ0n) is 14.6. The summed E-state index contributed by atoms with van der Waals surface area (Å²) in [5.41, 5.74) is 6.71. The van der Waals surface area contributed by atoms with E-state index in [1.165, 1.54) is 0 Å². The molecule has 6 heteroatoms. The summed E-state index contributed by atoms with van der Waals surface area (Å²) in [6.45, 7) is 1.68. The van der Waals surface area contributed by atoms with Crippen molar-refractivity contribution in [1.82, 2.24) is 4.90 Å². The lowest BCUT2D eigenvalue weighted by molar-refractivity contribution is -0.132. The lowest BCUT2D eigenvalue weighted by Crippen LogP contribution is -2.32. The molecule has 1 heterocycles. The summed E-state index contributed by atoms with van der Waals surface area (Å²) in [6.07, 6.45) is 5.73. The number of hydrogen-bond donors (Lipinski definition) is 2. The van der Waals surface area contributed by atoms with Gasteiger partial charge in [0, 0.05) is 37.3 Å². The van der Waals surface area contributed by atoms with Crippen LogP contribution < -0.4 is 15.8 Å². The number of nitrogens with zero attached hydrogens (tertiary/aromatic N) is 1. The molecule has 0 unspecified atom stereocenters. The molecular formula is C19H27N3O3. The Morgan fingerprint density at radius 3 is 2.72 bits per heavy atom. The number of carbonyl (C=O) groups excluding carboxylic acids is 2. The van der Waals surface area contributed by atoms with Gasteiger partial charge in [0.25, 0.3) is 5.91 Å². The normalized spacial score (nSPS) is 22.8. The number of ether oxygens (including phenoxy) is 1. The fraction of sp³-hybridized carbons (Fsp3) is 0.579. The first kappa shape index (κ1) is 17.7. The van der Waals surface area contributed by atoms with Crippen molar-refractivity contribution >= 4 is 17.5 Å². The first-order chi connectivity index (χ1) is 12.1. The molecule has 136 valence electrons. The van der Waals surface area contributed by atoms with Gasteiger partial charge in [-0.3, -0.25) is 9.59 Å². The minimum atomic E-state index is -0.0207. The van der Waals surface area contributed by atoms with Crippen LogP contribution in [0.3, 0.4) is 0 Å². The highest BCUT2D eigenvalue weighted by Crippen LogP contribution is 2.27. The van der Waals surface area contributed by atoms with Gasteiger partial charge in [-0.25, -0.2) is 0 Å². The number of rotatable bonds is 6. The quantitative estimate of drug-likeness (QED) is 0.827. The zero-order chi connectivity index (χ0) is 17.6. The van der Waals surface area contributed by atoms with Crippen molar-refractivity contribution in [3.63, 3.8) is 0 Å². The second kappa shape index (κ2) is 8.34. The first-order valence-electron chi connectivity index (χ1n) is 9.18. The molecule has 1 aliphatic heterocycles. The average molecular weight is 345 g/mol. The fourth-order valence-corrected chi connectivity index (χ4v) is 3.64. The van der Waals surface area contributed by atoms with Gasteiger partial charge >= 0.3 is 0 Å². The Morgan fingerprint density at radius 1 is 1.20 bits per heavy atom. The van der Waals surface area contributed by atoms with Crippen LogP contribution in [-0.4, -0.2) is 42.5 Å². The van der Waals surface area contributed by atoms with Crippen LogP contribution >= 0.6 is 0 Å². The van der Waals surface area contributed by atoms with E-state index in [-0.39, 0.29) is 30.4 Å². The molecule has 25 heavy (non-hydrogen) atoms. The summed E-state index contributed by atoms with van der Waals surface area (Å²) >= 11 is 0. The number of carbonyl (C=O) groups is 2. The summed E-state index contributed by atoms with van der Waals surface area (Å²) in [4.78, 5) is 26.1. The molecule has 0 spiro atoms. The summed E-state index contributed by atoms with van der Waals surface area (Å²) in [7, 11) is 0. The topological polar surface area (TPSA) is 84.7 Å². The van der Waals surface area contributed by atoms with E-state index < -0.39 is 0 Å². The predicted molar refractivity (Wildman–Crippen MR) is 96.3 cm³/mol. The summed E-state index contributed by atoms with van der Waals surface area (Å²) in [5.74, 6) is 0.857. The molecule has 1 saturated carbocycles. The van der Waals surface area contributed by atoms with E-state index in [0.29, 0.717) is 17.9 Å². The third-order valence-corrected chi connectivity index (χ3v) is 5.10. The average Bonchev–Trinajstić information content (AvgIpc) is 3.26. The highest BCUT2D eigenvalue weighted by molar-refractivity contribution is 5.91. The van der Waals surface area contributed by atoms with E-state index in [1.54, 1.807) is 12.1 Å². The van der Waals surface area contributed by atoms with Gasteiger partial charge in [0.15, 0.2) is 6.61 Å². The highest BCUT2D eigenvalue weighted by atomic mass is 16.5. The lowest BCUT2D eigenvalue weighted by atomic mass is 10.00. The fourth-order valence-electron chi connectivity index (χ4n) is 3.64. The molecule has 0 radical (unpaired) electrons. The van der Waals surface area contributed by atoms with Crippen LogP contribution in [0.2, 0.25) is 0 Å². The molecule has 0 bridgehead atoms. The van der Waals surface area contributed by atoms with Crippen molar-refractivity contribution in [3.8, 4) is 5.75 Å². The van der Waals surface area contributed by atoms with E-state index in [2.05, 4.69) is 5.32 Å². The second-order valence-electron chi connectivity index (χ2n) is 7.01. The number of nitrogens with one attached hydrogen (secondary N) is 1. The van der Waals surface area contributed by atoms with Crippen LogP contribution in [0.4, 0.5) is 5.69 Å². The van der Waals surface area contributed by atoms with Crippen LogP contribution in [0.5, 0.6) is 5.75 Å². The third kappa shape index (κ3) is 4.95. The number of nitrogens with two attached hydrogens (primary N) is 1. The molecule has 2 amide bonds. The monoisotopic (exact) mass is 345 g/mol. The lowest BCUT2D eigenvalue weighted by Gasteiger charge is -2.16. The van der Waals surface area contributed by atoms with Gasteiger partial charge in [-0.2, -0.15) is 0 Å². The maximum Gasteiger partial charge on any atom is 0.260 e. The van der Waals surface area contributed by atoms with Crippen LogP contribution in [0.15, 0.2) is 24.3 Å². The molecule has 2 fully saturated rings. The number of benzene rings is 1. The summed E-state index contributed by atoms with van der Waals surface area (Å²) < 4.78 is 5.59. The van der Waals surface area contributed by atoms with Crippen LogP contribution in [-0.2, 0) is 9.59 Å². The van der Waals surface area contributed by atoms with Crippen molar-refractivity contribution in [2.75, 3.05) is 25.0 Å². The van der Waals surface area contributed by atoms with Crippen molar-refractivity contribution < 1.29 is 14.3 Å². The van der Waals surface area contributed by atoms with E-state index >= 15 is 0 Å². The van der Waals surface area contributed by atoms with Crippen molar-refractivity contribution in [2.45, 2.75) is 44.6 Å².